The van der Waals surface area contributed by atoms with Crippen LogP contribution in [0.5, 0.6) is 17.2 Å². The number of aromatic hydroxyl groups is 1. The number of carbonyl (C=O) groups is 1. The first-order valence-corrected chi connectivity index (χ1v) is 6.35. The van der Waals surface area contributed by atoms with E-state index in [1.165, 1.54) is 7.11 Å². The maximum atomic E-state index is 10.8. The molecule has 0 fully saturated rings. The van der Waals surface area contributed by atoms with Gasteiger partial charge in [0.2, 0.25) is 5.75 Å². The van der Waals surface area contributed by atoms with Crippen LogP contribution in [-0.2, 0) is 19.3 Å². The van der Waals surface area contributed by atoms with Crippen LogP contribution in [0.1, 0.15) is 37.5 Å². The van der Waals surface area contributed by atoms with Crippen LogP contribution in [0.3, 0.4) is 0 Å². The quantitative estimate of drug-likeness (QED) is 0.633. The van der Waals surface area contributed by atoms with E-state index < -0.39 is 6.16 Å². The summed E-state index contributed by atoms with van der Waals surface area (Å²) >= 11 is 0. The molecule has 19 heavy (non-hydrogen) atoms. The first-order valence-electron chi connectivity index (χ1n) is 6.35. The largest absolute Gasteiger partial charge is 0.511 e. The highest BCUT2D eigenvalue weighted by atomic mass is 16.7. The molecule has 0 aliphatic carbocycles. The fourth-order valence-electron chi connectivity index (χ4n) is 2.42. The zero-order chi connectivity index (χ0) is 14.6. The van der Waals surface area contributed by atoms with Crippen molar-refractivity contribution >= 4 is 6.16 Å². The van der Waals surface area contributed by atoms with Crippen molar-refractivity contribution in [3.63, 3.8) is 0 Å². The first-order chi connectivity index (χ1) is 9.01. The van der Waals surface area contributed by atoms with E-state index in [4.69, 9.17) is 14.6 Å². The molecule has 0 saturated heterocycles. The molecule has 0 amide bonds. The summed E-state index contributed by atoms with van der Waals surface area (Å²) < 4.78 is 9.94. The molecule has 0 radical (unpaired) electrons. The maximum absolute atomic E-state index is 10.8. The zero-order valence-electron chi connectivity index (χ0n) is 11.7. The van der Waals surface area contributed by atoms with Crippen LogP contribution >= 0.6 is 0 Å². The Labute approximate surface area is 112 Å². The average Bonchev–Trinajstić information content (AvgIpc) is 2.39. The van der Waals surface area contributed by atoms with Gasteiger partial charge in [0.15, 0.2) is 11.5 Å². The van der Waals surface area contributed by atoms with Crippen LogP contribution in [0.2, 0.25) is 0 Å². The minimum Gasteiger partial charge on any atom is -0.504 e. The Morgan fingerprint density at radius 2 is 1.53 bits per heavy atom. The van der Waals surface area contributed by atoms with Crippen molar-refractivity contribution in [1.82, 2.24) is 0 Å². The third-order valence-electron chi connectivity index (χ3n) is 3.16. The minimum absolute atomic E-state index is 0.110. The SMILES string of the molecule is CCc1c(O)c(OC(=O)O)c(OC)c(CC)c1CC. The summed E-state index contributed by atoms with van der Waals surface area (Å²) in [4.78, 5) is 10.8. The van der Waals surface area contributed by atoms with E-state index in [0.29, 0.717) is 18.6 Å². The molecule has 1 aromatic rings. The number of ether oxygens (including phenoxy) is 2. The molecule has 0 heterocycles. The third kappa shape index (κ3) is 2.75. The lowest BCUT2D eigenvalue weighted by Crippen LogP contribution is -2.09. The summed E-state index contributed by atoms with van der Waals surface area (Å²) in [6.45, 7) is 5.85. The van der Waals surface area contributed by atoms with Gasteiger partial charge in [-0.2, -0.15) is 0 Å². The predicted octanol–water partition coefficient (Wildman–Crippen LogP) is 3.14. The summed E-state index contributed by atoms with van der Waals surface area (Å²) in [7, 11) is 1.44. The Balaban J connectivity index is 3.66. The summed E-state index contributed by atoms with van der Waals surface area (Å²) in [5.41, 5.74) is 2.60. The topological polar surface area (TPSA) is 76.0 Å². The van der Waals surface area contributed by atoms with Crippen LogP contribution in [-0.4, -0.2) is 23.5 Å². The summed E-state index contributed by atoms with van der Waals surface area (Å²) in [6.07, 6.45) is 0.545. The number of rotatable bonds is 5. The van der Waals surface area contributed by atoms with Gasteiger partial charge in [0.1, 0.15) is 0 Å². The van der Waals surface area contributed by atoms with Crippen LogP contribution in [0.15, 0.2) is 0 Å². The molecule has 2 N–H and O–H groups in total. The summed E-state index contributed by atoms with van der Waals surface area (Å²) in [5.74, 6) is 0.0492. The fraction of sp³-hybridized carbons (Fsp3) is 0.500. The van der Waals surface area contributed by atoms with E-state index in [9.17, 15) is 9.90 Å². The van der Waals surface area contributed by atoms with E-state index in [-0.39, 0.29) is 11.5 Å². The summed E-state index contributed by atoms with van der Waals surface area (Å²) in [6, 6.07) is 0. The van der Waals surface area contributed by atoms with Gasteiger partial charge in [0, 0.05) is 11.1 Å². The molecule has 0 atom stereocenters. The number of carboxylic acid groups (broad SMARTS) is 1. The average molecular weight is 268 g/mol. The van der Waals surface area contributed by atoms with E-state index in [0.717, 1.165) is 23.1 Å². The molecular formula is C14H20O5. The molecule has 5 nitrogen and oxygen atoms in total. The standard InChI is InChI=1S/C14H20O5/c1-5-8-9(6-2)11(15)13(19-14(16)17)12(18-4)10(8)7-3/h15H,5-7H2,1-4H3,(H,16,17). The Kier molecular flexibility index (Phi) is 5.03. The molecule has 0 saturated carbocycles. The van der Waals surface area contributed by atoms with E-state index in [1.807, 2.05) is 20.8 Å². The van der Waals surface area contributed by atoms with Gasteiger partial charge in [-0.3, -0.25) is 0 Å². The second kappa shape index (κ2) is 6.31. The molecule has 0 aromatic heterocycles. The molecule has 0 spiro atoms. The van der Waals surface area contributed by atoms with Gasteiger partial charge >= 0.3 is 6.16 Å². The second-order valence-electron chi connectivity index (χ2n) is 4.08. The predicted molar refractivity (Wildman–Crippen MR) is 71.4 cm³/mol. The Bertz CT molecular complexity index is 479. The van der Waals surface area contributed by atoms with Crippen molar-refractivity contribution in [2.24, 2.45) is 0 Å². The molecule has 0 aliphatic rings. The van der Waals surface area contributed by atoms with Gasteiger partial charge in [0.25, 0.3) is 0 Å². The first kappa shape index (κ1) is 15.1. The Hall–Kier alpha value is -1.91. The lowest BCUT2D eigenvalue weighted by molar-refractivity contribution is 0.141. The highest BCUT2D eigenvalue weighted by Gasteiger charge is 2.24. The van der Waals surface area contributed by atoms with Crippen molar-refractivity contribution in [3.05, 3.63) is 16.7 Å². The molecule has 0 aliphatic heterocycles. The van der Waals surface area contributed by atoms with Gasteiger partial charge in [-0.25, -0.2) is 4.79 Å². The molecular weight excluding hydrogens is 248 g/mol. The van der Waals surface area contributed by atoms with Crippen molar-refractivity contribution in [1.29, 1.82) is 0 Å². The molecule has 5 heteroatoms. The van der Waals surface area contributed by atoms with Gasteiger partial charge in [-0.15, -0.1) is 0 Å². The Morgan fingerprint density at radius 3 is 1.89 bits per heavy atom. The van der Waals surface area contributed by atoms with E-state index in [2.05, 4.69) is 0 Å². The molecule has 0 bridgehead atoms. The number of phenolic OH excluding ortho intramolecular Hbond substituents is 1. The van der Waals surface area contributed by atoms with Crippen LogP contribution in [0.4, 0.5) is 4.79 Å². The number of hydrogen-bond donors (Lipinski definition) is 2. The maximum Gasteiger partial charge on any atom is 0.511 e. The van der Waals surface area contributed by atoms with Crippen molar-refractivity contribution in [2.75, 3.05) is 7.11 Å². The summed E-state index contributed by atoms with van der Waals surface area (Å²) in [5, 5.41) is 19.0. The molecule has 1 rings (SSSR count). The van der Waals surface area contributed by atoms with E-state index in [1.54, 1.807) is 0 Å². The Morgan fingerprint density at radius 1 is 1.00 bits per heavy atom. The molecule has 1 aromatic carbocycles. The second-order valence-corrected chi connectivity index (χ2v) is 4.08. The fourth-order valence-corrected chi connectivity index (χ4v) is 2.42. The van der Waals surface area contributed by atoms with Crippen molar-refractivity contribution < 1.29 is 24.5 Å². The smallest absolute Gasteiger partial charge is 0.504 e. The number of methoxy groups -OCH3 is 1. The number of phenols is 1. The van der Waals surface area contributed by atoms with E-state index >= 15 is 0 Å². The van der Waals surface area contributed by atoms with Crippen molar-refractivity contribution in [3.8, 4) is 17.2 Å². The minimum atomic E-state index is -1.47. The third-order valence-corrected chi connectivity index (χ3v) is 3.16. The lowest BCUT2D eigenvalue weighted by Gasteiger charge is -2.20. The highest BCUT2D eigenvalue weighted by molar-refractivity contribution is 5.70. The van der Waals surface area contributed by atoms with Gasteiger partial charge in [0.05, 0.1) is 7.11 Å². The highest BCUT2D eigenvalue weighted by Crippen LogP contribution is 2.45. The van der Waals surface area contributed by atoms with Crippen molar-refractivity contribution in [2.45, 2.75) is 40.0 Å². The van der Waals surface area contributed by atoms with Gasteiger partial charge < -0.3 is 19.7 Å². The monoisotopic (exact) mass is 268 g/mol. The lowest BCUT2D eigenvalue weighted by atomic mass is 9.93. The normalized spacial score (nSPS) is 10.3. The van der Waals surface area contributed by atoms with Gasteiger partial charge in [-0.05, 0) is 24.8 Å². The molecule has 0 unspecified atom stereocenters. The van der Waals surface area contributed by atoms with Crippen LogP contribution < -0.4 is 9.47 Å². The molecule has 106 valence electrons. The number of hydrogen-bond acceptors (Lipinski definition) is 4. The van der Waals surface area contributed by atoms with Gasteiger partial charge in [-0.1, -0.05) is 20.8 Å². The zero-order valence-corrected chi connectivity index (χ0v) is 11.7. The number of benzene rings is 1. The van der Waals surface area contributed by atoms with Crippen LogP contribution in [0.25, 0.3) is 0 Å². The van der Waals surface area contributed by atoms with Crippen LogP contribution in [0, 0.1) is 0 Å².